The average Bonchev–Trinajstić information content (AvgIpc) is 2.70. The van der Waals surface area contributed by atoms with Gasteiger partial charge in [-0.3, -0.25) is 28.8 Å². The summed E-state index contributed by atoms with van der Waals surface area (Å²) < 4.78 is 0. The molecule has 0 aliphatic heterocycles. The van der Waals surface area contributed by atoms with Crippen molar-refractivity contribution in [2.24, 2.45) is 17.4 Å². The van der Waals surface area contributed by atoms with Crippen molar-refractivity contribution in [1.29, 1.82) is 0 Å². The lowest BCUT2D eigenvalue weighted by atomic mass is 9.98. The minimum atomic E-state index is -1.24. The van der Waals surface area contributed by atoms with Gasteiger partial charge in [0.1, 0.15) is 12.6 Å². The van der Waals surface area contributed by atoms with E-state index in [1.165, 1.54) is 0 Å². The number of carbonyl (C=O) groups excluding carboxylic acids is 5. The van der Waals surface area contributed by atoms with E-state index in [0.29, 0.717) is 6.42 Å². The molecule has 170 valence electrons. The van der Waals surface area contributed by atoms with Crippen LogP contribution in [-0.4, -0.2) is 72.3 Å². The molecule has 30 heavy (non-hydrogen) atoms. The zero-order chi connectivity index (χ0) is 23.3. The quantitative estimate of drug-likeness (QED) is 0.146. The van der Waals surface area contributed by atoms with Gasteiger partial charge in [-0.2, -0.15) is 0 Å². The molecule has 0 fully saturated rings. The van der Waals surface area contributed by atoms with Gasteiger partial charge in [-0.25, -0.2) is 0 Å². The van der Waals surface area contributed by atoms with E-state index in [2.05, 4.69) is 21.3 Å². The molecule has 0 saturated carbocycles. The van der Waals surface area contributed by atoms with Crippen molar-refractivity contribution < 1.29 is 33.9 Å². The molecule has 5 amide bonds. The van der Waals surface area contributed by atoms with Gasteiger partial charge >= 0.3 is 5.97 Å². The predicted octanol–water partition coefficient (Wildman–Crippen LogP) is -3.46. The lowest BCUT2D eigenvalue weighted by Crippen LogP contribution is -2.54. The number of hydrogen-bond donors (Lipinski definition) is 7. The molecular weight excluding hydrogens is 400 g/mol. The lowest BCUT2D eigenvalue weighted by molar-refractivity contribution is -0.137. The van der Waals surface area contributed by atoms with Gasteiger partial charge in [0.25, 0.3) is 0 Å². The molecule has 0 aliphatic carbocycles. The summed E-state index contributed by atoms with van der Waals surface area (Å²) in [5, 5.41) is 17.4. The number of carbonyl (C=O) groups is 6. The molecule has 3 unspecified atom stereocenters. The Labute approximate surface area is 173 Å². The predicted molar refractivity (Wildman–Crippen MR) is 104 cm³/mol. The van der Waals surface area contributed by atoms with E-state index in [0.717, 1.165) is 0 Å². The molecule has 0 aromatic heterocycles. The molecule has 0 saturated heterocycles. The minimum absolute atomic E-state index is 0.0840. The number of nitrogens with one attached hydrogen (secondary N) is 4. The Kier molecular flexibility index (Phi) is 12.4. The van der Waals surface area contributed by atoms with Crippen LogP contribution in [0.3, 0.4) is 0 Å². The molecule has 0 radical (unpaired) electrons. The number of carboxylic acids is 1. The second-order valence-corrected chi connectivity index (χ2v) is 6.64. The molecular formula is C17H30N6O7. The summed E-state index contributed by atoms with van der Waals surface area (Å²) in [5.41, 5.74) is 10.9. The Morgan fingerprint density at radius 3 is 1.93 bits per heavy atom. The first-order valence-electron chi connectivity index (χ1n) is 9.35. The molecule has 0 bridgehead atoms. The van der Waals surface area contributed by atoms with Crippen LogP contribution in [0.5, 0.6) is 0 Å². The van der Waals surface area contributed by atoms with Crippen LogP contribution in [0.1, 0.15) is 33.1 Å². The van der Waals surface area contributed by atoms with Crippen molar-refractivity contribution in [3.8, 4) is 0 Å². The lowest BCUT2D eigenvalue weighted by Gasteiger charge is -2.22. The number of hydrogen-bond acceptors (Lipinski definition) is 7. The topological polar surface area (TPSA) is 223 Å². The van der Waals surface area contributed by atoms with Gasteiger partial charge in [0.05, 0.1) is 19.1 Å². The molecule has 0 aromatic carbocycles. The minimum Gasteiger partial charge on any atom is -0.480 e. The fourth-order valence-electron chi connectivity index (χ4n) is 2.10. The van der Waals surface area contributed by atoms with Crippen molar-refractivity contribution in [2.75, 3.05) is 19.6 Å². The summed E-state index contributed by atoms with van der Waals surface area (Å²) in [6.07, 6.45) is 0.388. The van der Waals surface area contributed by atoms with Gasteiger partial charge in [0.15, 0.2) is 0 Å². The SMILES string of the molecule is CCC(C)C(N)C(=O)NC(CCC(N)=O)C(=O)NCC(=O)NCC(=O)NCC(=O)O. The summed E-state index contributed by atoms with van der Waals surface area (Å²) in [7, 11) is 0. The highest BCUT2D eigenvalue weighted by Crippen LogP contribution is 2.06. The van der Waals surface area contributed by atoms with E-state index in [1.54, 1.807) is 6.92 Å². The van der Waals surface area contributed by atoms with Gasteiger partial charge in [0, 0.05) is 6.42 Å². The van der Waals surface area contributed by atoms with Crippen LogP contribution >= 0.6 is 0 Å². The van der Waals surface area contributed by atoms with Gasteiger partial charge in [0.2, 0.25) is 29.5 Å². The van der Waals surface area contributed by atoms with E-state index < -0.39 is 67.2 Å². The van der Waals surface area contributed by atoms with Crippen LogP contribution in [0.4, 0.5) is 0 Å². The molecule has 0 rings (SSSR count). The maximum Gasteiger partial charge on any atom is 0.322 e. The smallest absolute Gasteiger partial charge is 0.322 e. The van der Waals surface area contributed by atoms with Crippen LogP contribution in [0.25, 0.3) is 0 Å². The first-order valence-corrected chi connectivity index (χ1v) is 9.35. The molecule has 3 atom stereocenters. The van der Waals surface area contributed by atoms with Crippen LogP contribution in [0.15, 0.2) is 0 Å². The molecule has 9 N–H and O–H groups in total. The molecule has 0 spiro atoms. The summed E-state index contributed by atoms with van der Waals surface area (Å²) in [6.45, 7) is 2.06. The van der Waals surface area contributed by atoms with E-state index in [9.17, 15) is 28.8 Å². The third kappa shape index (κ3) is 11.6. The van der Waals surface area contributed by atoms with E-state index in [1.807, 2.05) is 6.92 Å². The highest BCUT2D eigenvalue weighted by molar-refractivity contribution is 5.93. The van der Waals surface area contributed by atoms with E-state index >= 15 is 0 Å². The summed E-state index contributed by atoms with van der Waals surface area (Å²) in [4.78, 5) is 69.0. The van der Waals surface area contributed by atoms with Gasteiger partial charge in [-0.15, -0.1) is 0 Å². The molecule has 13 nitrogen and oxygen atoms in total. The zero-order valence-electron chi connectivity index (χ0n) is 17.0. The number of carboxylic acid groups (broad SMARTS) is 1. The first kappa shape index (κ1) is 26.8. The fraction of sp³-hybridized carbons (Fsp3) is 0.647. The van der Waals surface area contributed by atoms with Crippen LogP contribution < -0.4 is 32.7 Å². The Hall–Kier alpha value is -3.22. The Bertz CT molecular complexity index is 655. The fourth-order valence-corrected chi connectivity index (χ4v) is 2.10. The Morgan fingerprint density at radius 1 is 0.900 bits per heavy atom. The summed E-state index contributed by atoms with van der Waals surface area (Å²) in [5.74, 6) is -4.78. The van der Waals surface area contributed by atoms with Gasteiger partial charge in [-0.05, 0) is 12.3 Å². The number of rotatable bonds is 14. The van der Waals surface area contributed by atoms with Crippen LogP contribution in [0.2, 0.25) is 0 Å². The van der Waals surface area contributed by atoms with Crippen molar-refractivity contribution in [3.63, 3.8) is 0 Å². The number of nitrogens with two attached hydrogens (primary N) is 2. The molecule has 0 heterocycles. The number of primary amides is 1. The molecule has 13 heteroatoms. The Balaban J connectivity index is 4.67. The van der Waals surface area contributed by atoms with Crippen molar-refractivity contribution >= 4 is 35.5 Å². The monoisotopic (exact) mass is 430 g/mol. The second kappa shape index (κ2) is 13.9. The normalized spacial score (nSPS) is 13.3. The van der Waals surface area contributed by atoms with E-state index in [4.69, 9.17) is 16.6 Å². The highest BCUT2D eigenvalue weighted by Gasteiger charge is 2.26. The van der Waals surface area contributed by atoms with Crippen molar-refractivity contribution in [3.05, 3.63) is 0 Å². The van der Waals surface area contributed by atoms with Crippen LogP contribution in [0, 0.1) is 5.92 Å². The third-order valence-electron chi connectivity index (χ3n) is 4.18. The number of aliphatic carboxylic acids is 1. The van der Waals surface area contributed by atoms with Crippen LogP contribution in [-0.2, 0) is 28.8 Å². The van der Waals surface area contributed by atoms with Crippen molar-refractivity contribution in [2.45, 2.75) is 45.2 Å². The largest absolute Gasteiger partial charge is 0.480 e. The maximum atomic E-state index is 12.3. The average molecular weight is 430 g/mol. The second-order valence-electron chi connectivity index (χ2n) is 6.64. The van der Waals surface area contributed by atoms with Gasteiger partial charge < -0.3 is 37.8 Å². The maximum absolute atomic E-state index is 12.3. The van der Waals surface area contributed by atoms with Gasteiger partial charge in [-0.1, -0.05) is 20.3 Å². The molecule has 0 aromatic rings. The van der Waals surface area contributed by atoms with E-state index in [-0.39, 0.29) is 18.8 Å². The molecule has 0 aliphatic rings. The summed E-state index contributed by atoms with van der Waals surface area (Å²) in [6, 6.07) is -1.99. The number of amides is 5. The Morgan fingerprint density at radius 2 is 1.43 bits per heavy atom. The van der Waals surface area contributed by atoms with Crippen molar-refractivity contribution in [1.82, 2.24) is 21.3 Å². The third-order valence-corrected chi connectivity index (χ3v) is 4.18. The summed E-state index contributed by atoms with van der Waals surface area (Å²) >= 11 is 0. The standard InChI is InChI=1S/C17H30N6O7/c1-3-9(2)15(19)17(30)23-10(4-5-11(18)24)16(29)22-7-13(26)20-6-12(25)21-8-14(27)28/h9-10,15H,3-8,19H2,1-2H3,(H2,18,24)(H,20,26)(H,21,25)(H,22,29)(H,23,30)(H,27,28). The zero-order valence-corrected chi connectivity index (χ0v) is 17.0. The first-order chi connectivity index (χ1) is 14.0. The highest BCUT2D eigenvalue weighted by atomic mass is 16.4.